The van der Waals surface area contributed by atoms with Gasteiger partial charge in [-0.1, -0.05) is 11.6 Å². The van der Waals surface area contributed by atoms with Crippen LogP contribution in [0.25, 0.3) is 10.9 Å². The topological polar surface area (TPSA) is 88.1 Å². The summed E-state index contributed by atoms with van der Waals surface area (Å²) < 4.78 is 28.5. The number of rotatable bonds is 2. The maximum absolute atomic E-state index is 14.7. The normalized spacial score (nSPS) is 21.0. The van der Waals surface area contributed by atoms with E-state index in [4.69, 9.17) is 23.1 Å². The Morgan fingerprint density at radius 2 is 2.12 bits per heavy atom. The van der Waals surface area contributed by atoms with Crippen LogP contribution in [-0.2, 0) is 0 Å². The zero-order valence-corrected chi connectivity index (χ0v) is 14.5. The summed E-state index contributed by atoms with van der Waals surface area (Å²) in [6.45, 7) is 2.04. The second-order valence-electron chi connectivity index (χ2n) is 5.93. The van der Waals surface area contributed by atoms with Gasteiger partial charge in [0.25, 0.3) is 5.91 Å². The summed E-state index contributed by atoms with van der Waals surface area (Å²) in [5, 5.41) is 0.616. The van der Waals surface area contributed by atoms with Crippen molar-refractivity contribution in [3.05, 3.63) is 28.2 Å². The zero-order valence-electron chi connectivity index (χ0n) is 12.9. The molecule has 2 atom stereocenters. The smallest absolute Gasteiger partial charge is 0.250 e. The first-order chi connectivity index (χ1) is 10.8. The Hall–Kier alpha value is -1.57. The number of aromatic nitrogens is 1. The van der Waals surface area contributed by atoms with Crippen molar-refractivity contribution >= 4 is 46.5 Å². The summed E-state index contributed by atoms with van der Waals surface area (Å²) >= 11 is 6.29. The highest BCUT2D eigenvalue weighted by Crippen LogP contribution is 2.40. The molecule has 1 aliphatic heterocycles. The standard InChI is InChI=1S/C15H17ClF2N4O.ClH/c1-6-12(16)11-13(21-6)9(15(20)23)3-10(18)14(11)22-4-7(17)2-8(19)5-22;/h3,7-8,21H,2,4-5,19H2,1H3,(H2,20,23);1H/t7-,8-;/m0./s1. The van der Waals surface area contributed by atoms with Gasteiger partial charge in [-0.15, -0.1) is 12.4 Å². The van der Waals surface area contributed by atoms with Gasteiger partial charge in [0.2, 0.25) is 0 Å². The lowest BCUT2D eigenvalue weighted by atomic mass is 10.0. The Labute approximate surface area is 148 Å². The largest absolute Gasteiger partial charge is 0.366 e. The lowest BCUT2D eigenvalue weighted by Gasteiger charge is -2.35. The number of aromatic amines is 1. The number of nitrogens with two attached hydrogens (primary N) is 2. The van der Waals surface area contributed by atoms with E-state index in [1.54, 1.807) is 11.8 Å². The number of halogens is 4. The molecule has 1 aromatic heterocycles. The Balaban J connectivity index is 0.00000208. The summed E-state index contributed by atoms with van der Waals surface area (Å²) in [5.41, 5.74) is 12.3. The highest BCUT2D eigenvalue weighted by atomic mass is 35.5. The number of anilines is 1. The summed E-state index contributed by atoms with van der Waals surface area (Å²) in [5.74, 6) is -1.44. The molecule has 3 rings (SSSR count). The van der Waals surface area contributed by atoms with Crippen molar-refractivity contribution in [1.29, 1.82) is 0 Å². The van der Waals surface area contributed by atoms with Gasteiger partial charge >= 0.3 is 0 Å². The van der Waals surface area contributed by atoms with Crippen LogP contribution in [0.4, 0.5) is 14.5 Å². The van der Waals surface area contributed by atoms with Crippen LogP contribution in [0.15, 0.2) is 6.07 Å². The van der Waals surface area contributed by atoms with Crippen molar-refractivity contribution in [3.63, 3.8) is 0 Å². The fourth-order valence-electron chi connectivity index (χ4n) is 3.17. The van der Waals surface area contributed by atoms with E-state index in [-0.39, 0.29) is 41.6 Å². The number of carbonyl (C=O) groups excluding carboxylic acids is 1. The molecule has 0 unspecified atom stereocenters. The Morgan fingerprint density at radius 3 is 2.71 bits per heavy atom. The zero-order chi connectivity index (χ0) is 16.9. The highest BCUT2D eigenvalue weighted by molar-refractivity contribution is 6.38. The molecule has 5 N–H and O–H groups in total. The minimum atomic E-state index is -1.15. The number of hydrogen-bond donors (Lipinski definition) is 3. The Morgan fingerprint density at radius 1 is 1.46 bits per heavy atom. The van der Waals surface area contributed by atoms with Crippen LogP contribution in [0, 0.1) is 12.7 Å². The lowest BCUT2D eigenvalue weighted by molar-refractivity contribution is 0.100. The molecule has 24 heavy (non-hydrogen) atoms. The maximum atomic E-state index is 14.7. The molecule has 0 bridgehead atoms. The highest BCUT2D eigenvalue weighted by Gasteiger charge is 2.30. The summed E-state index contributed by atoms with van der Waals surface area (Å²) in [7, 11) is 0. The summed E-state index contributed by atoms with van der Waals surface area (Å²) in [4.78, 5) is 16.1. The molecule has 0 aliphatic carbocycles. The number of nitrogens with zero attached hydrogens (tertiary/aromatic N) is 1. The molecular formula is C15H18Cl2F2N4O. The van der Waals surface area contributed by atoms with Crippen molar-refractivity contribution in [2.75, 3.05) is 18.0 Å². The summed E-state index contributed by atoms with van der Waals surface area (Å²) in [6.07, 6.45) is -0.914. The summed E-state index contributed by atoms with van der Waals surface area (Å²) in [6, 6.07) is 0.655. The number of nitrogens with one attached hydrogen (secondary N) is 1. The molecule has 1 fully saturated rings. The number of amides is 1. The SMILES string of the molecule is Cc1[nH]c2c(C(N)=O)cc(F)c(N3C[C@@H](N)C[C@H](F)C3)c2c1Cl.Cl. The molecular weight excluding hydrogens is 361 g/mol. The van der Waals surface area contributed by atoms with Gasteiger partial charge in [0.1, 0.15) is 12.0 Å². The van der Waals surface area contributed by atoms with Crippen molar-refractivity contribution in [2.45, 2.75) is 25.6 Å². The quantitative estimate of drug-likeness (QED) is 0.750. The minimum Gasteiger partial charge on any atom is -0.366 e. The number of aryl methyl sites for hydroxylation is 1. The molecule has 0 radical (unpaired) electrons. The molecule has 1 amide bonds. The molecule has 1 saturated heterocycles. The first-order valence-corrected chi connectivity index (χ1v) is 7.62. The van der Waals surface area contributed by atoms with E-state index in [1.807, 2.05) is 0 Å². The molecule has 0 spiro atoms. The molecule has 132 valence electrons. The molecule has 0 saturated carbocycles. The maximum Gasteiger partial charge on any atom is 0.250 e. The van der Waals surface area contributed by atoms with E-state index >= 15 is 0 Å². The predicted octanol–water partition coefficient (Wildman–Crippen LogP) is 2.67. The van der Waals surface area contributed by atoms with Crippen LogP contribution in [-0.4, -0.2) is 36.2 Å². The molecule has 1 aliphatic rings. The van der Waals surface area contributed by atoms with E-state index in [1.165, 1.54) is 0 Å². The Kier molecular flexibility index (Phi) is 5.27. The van der Waals surface area contributed by atoms with Gasteiger partial charge in [0, 0.05) is 30.2 Å². The van der Waals surface area contributed by atoms with Crippen molar-refractivity contribution in [1.82, 2.24) is 4.98 Å². The van der Waals surface area contributed by atoms with Crippen LogP contribution in [0.5, 0.6) is 0 Å². The molecule has 1 aromatic carbocycles. The van der Waals surface area contributed by atoms with E-state index in [9.17, 15) is 13.6 Å². The molecule has 5 nitrogen and oxygen atoms in total. The molecule has 2 aromatic rings. The monoisotopic (exact) mass is 378 g/mol. The van der Waals surface area contributed by atoms with Gasteiger partial charge in [-0.3, -0.25) is 4.79 Å². The van der Waals surface area contributed by atoms with Crippen molar-refractivity contribution in [2.24, 2.45) is 11.5 Å². The molecule has 9 heteroatoms. The number of primary amides is 1. The fourth-order valence-corrected chi connectivity index (χ4v) is 3.40. The van der Waals surface area contributed by atoms with Gasteiger partial charge in [-0.2, -0.15) is 0 Å². The third-order valence-electron chi connectivity index (χ3n) is 4.13. The second kappa shape index (κ2) is 6.74. The van der Waals surface area contributed by atoms with E-state index in [2.05, 4.69) is 4.98 Å². The Bertz CT molecular complexity index is 786. The van der Waals surface area contributed by atoms with E-state index in [0.717, 1.165) is 6.07 Å². The minimum absolute atomic E-state index is 0. The number of piperidine rings is 1. The van der Waals surface area contributed by atoms with Crippen LogP contribution >= 0.6 is 24.0 Å². The third-order valence-corrected chi connectivity index (χ3v) is 4.60. The van der Waals surface area contributed by atoms with Gasteiger partial charge < -0.3 is 21.4 Å². The number of alkyl halides is 1. The number of carbonyl (C=O) groups is 1. The van der Waals surface area contributed by atoms with E-state index in [0.29, 0.717) is 23.1 Å². The fraction of sp³-hybridized carbons (Fsp3) is 0.400. The van der Waals surface area contributed by atoms with Crippen molar-refractivity contribution < 1.29 is 13.6 Å². The first kappa shape index (κ1) is 18.8. The van der Waals surface area contributed by atoms with Gasteiger partial charge in [-0.25, -0.2) is 8.78 Å². The van der Waals surface area contributed by atoms with Gasteiger partial charge in [0.15, 0.2) is 0 Å². The van der Waals surface area contributed by atoms with Crippen LogP contribution in [0.2, 0.25) is 5.02 Å². The van der Waals surface area contributed by atoms with Crippen LogP contribution < -0.4 is 16.4 Å². The van der Waals surface area contributed by atoms with Gasteiger partial charge in [0.05, 0.1) is 21.8 Å². The lowest BCUT2D eigenvalue weighted by Crippen LogP contribution is -2.48. The van der Waals surface area contributed by atoms with Gasteiger partial charge in [-0.05, 0) is 19.4 Å². The van der Waals surface area contributed by atoms with Crippen LogP contribution in [0.3, 0.4) is 0 Å². The predicted molar refractivity (Wildman–Crippen MR) is 93.5 cm³/mol. The van der Waals surface area contributed by atoms with Crippen molar-refractivity contribution in [3.8, 4) is 0 Å². The molecule has 2 heterocycles. The number of hydrogen-bond acceptors (Lipinski definition) is 3. The van der Waals surface area contributed by atoms with E-state index < -0.39 is 23.9 Å². The first-order valence-electron chi connectivity index (χ1n) is 7.24. The van der Waals surface area contributed by atoms with Crippen LogP contribution in [0.1, 0.15) is 22.5 Å². The average Bonchev–Trinajstić information content (AvgIpc) is 2.73. The third kappa shape index (κ3) is 3.03. The number of benzene rings is 1. The average molecular weight is 379 g/mol. The number of H-pyrrole nitrogens is 1. The second-order valence-corrected chi connectivity index (χ2v) is 6.31. The number of fused-ring (bicyclic) bond motifs is 1.